The van der Waals surface area contributed by atoms with E-state index in [1.807, 2.05) is 12.1 Å². The fraction of sp³-hybridized carbons (Fsp3) is 0.375. The van der Waals surface area contributed by atoms with Gasteiger partial charge < -0.3 is 9.47 Å². The number of aryl methyl sites for hydroxylation is 1. The summed E-state index contributed by atoms with van der Waals surface area (Å²) < 4.78 is 12.2. The Morgan fingerprint density at radius 1 is 1.00 bits per heavy atom. The molecule has 102 valence electrons. The minimum atomic E-state index is 0.899. The van der Waals surface area contributed by atoms with Crippen LogP contribution in [0.5, 0.6) is 11.5 Å². The van der Waals surface area contributed by atoms with Crippen molar-refractivity contribution in [2.45, 2.75) is 26.2 Å². The molecule has 3 heteroatoms. The van der Waals surface area contributed by atoms with Gasteiger partial charge in [-0.25, -0.2) is 0 Å². The highest BCUT2D eigenvalue weighted by atomic mass is 127. The van der Waals surface area contributed by atoms with Crippen molar-refractivity contribution in [3.8, 4) is 11.5 Å². The predicted molar refractivity (Wildman–Crippen MR) is 88.4 cm³/mol. The summed E-state index contributed by atoms with van der Waals surface area (Å²) >= 11 is 2.41. The molecule has 0 bridgehead atoms. The first kappa shape index (κ1) is 14.4. The van der Waals surface area contributed by atoms with E-state index in [2.05, 4.69) is 41.6 Å². The third kappa shape index (κ3) is 2.96. The second-order valence-electron chi connectivity index (χ2n) is 4.56. The van der Waals surface area contributed by atoms with Gasteiger partial charge in [0.25, 0.3) is 0 Å². The highest BCUT2D eigenvalue weighted by molar-refractivity contribution is 14.1. The molecule has 0 spiro atoms. The van der Waals surface area contributed by atoms with Gasteiger partial charge in [0.05, 0.1) is 14.2 Å². The maximum Gasteiger partial charge on any atom is 0.126 e. The zero-order valence-corrected chi connectivity index (χ0v) is 13.8. The van der Waals surface area contributed by atoms with Crippen LogP contribution in [0.15, 0.2) is 24.3 Å². The van der Waals surface area contributed by atoms with Gasteiger partial charge in [0.2, 0.25) is 0 Å². The molecular formula is C16H19IO2. The van der Waals surface area contributed by atoms with Gasteiger partial charge >= 0.3 is 0 Å². The van der Waals surface area contributed by atoms with E-state index >= 15 is 0 Å². The summed E-state index contributed by atoms with van der Waals surface area (Å²) in [6, 6.07) is 8.37. The van der Waals surface area contributed by atoms with Crippen LogP contribution in [-0.4, -0.2) is 14.2 Å². The molecule has 19 heavy (non-hydrogen) atoms. The normalized spacial score (nSPS) is 10.7. The first-order valence-electron chi connectivity index (χ1n) is 6.54. The van der Waals surface area contributed by atoms with Gasteiger partial charge in [0.15, 0.2) is 0 Å². The molecule has 0 amide bonds. The van der Waals surface area contributed by atoms with Crippen molar-refractivity contribution in [1.82, 2.24) is 0 Å². The Kier molecular flexibility index (Phi) is 4.91. The van der Waals surface area contributed by atoms with E-state index in [4.69, 9.17) is 9.47 Å². The zero-order chi connectivity index (χ0) is 13.8. The highest BCUT2D eigenvalue weighted by Gasteiger charge is 2.10. The molecule has 2 aromatic rings. The fourth-order valence-electron chi connectivity index (χ4n) is 2.27. The van der Waals surface area contributed by atoms with Gasteiger partial charge in [-0.3, -0.25) is 0 Å². The van der Waals surface area contributed by atoms with Crippen LogP contribution in [0.25, 0.3) is 10.8 Å². The molecular weight excluding hydrogens is 351 g/mol. The number of rotatable bonds is 5. The molecule has 0 aliphatic rings. The molecule has 2 aromatic carbocycles. The van der Waals surface area contributed by atoms with Gasteiger partial charge in [0, 0.05) is 14.3 Å². The summed E-state index contributed by atoms with van der Waals surface area (Å²) in [4.78, 5) is 0. The maximum atomic E-state index is 5.47. The van der Waals surface area contributed by atoms with E-state index in [0.29, 0.717) is 0 Å². The monoisotopic (exact) mass is 370 g/mol. The van der Waals surface area contributed by atoms with Crippen molar-refractivity contribution < 1.29 is 9.47 Å². The number of hydrogen-bond donors (Lipinski definition) is 0. The Labute approximate surface area is 128 Å². The van der Waals surface area contributed by atoms with Crippen LogP contribution in [-0.2, 0) is 6.42 Å². The van der Waals surface area contributed by atoms with Gasteiger partial charge in [-0.1, -0.05) is 13.3 Å². The molecule has 0 radical (unpaired) electrons. The molecule has 0 fully saturated rings. The average molecular weight is 370 g/mol. The second kappa shape index (κ2) is 6.46. The molecule has 2 rings (SSSR count). The smallest absolute Gasteiger partial charge is 0.126 e. The summed E-state index contributed by atoms with van der Waals surface area (Å²) in [7, 11) is 3.42. The van der Waals surface area contributed by atoms with E-state index in [1.165, 1.54) is 22.0 Å². The molecule has 0 saturated carbocycles. The number of halogens is 1. The lowest BCUT2D eigenvalue weighted by atomic mass is 10.0. The van der Waals surface area contributed by atoms with Crippen molar-refractivity contribution in [3.05, 3.63) is 33.4 Å². The summed E-state index contributed by atoms with van der Waals surface area (Å²) in [5.41, 5.74) is 1.39. The molecule has 0 saturated heterocycles. The Balaban J connectivity index is 2.61. The van der Waals surface area contributed by atoms with Crippen LogP contribution >= 0.6 is 22.6 Å². The maximum absolute atomic E-state index is 5.47. The van der Waals surface area contributed by atoms with E-state index in [0.717, 1.165) is 28.7 Å². The lowest BCUT2D eigenvalue weighted by molar-refractivity contribution is 0.410. The number of unbranched alkanes of at least 4 members (excludes halogenated alkanes) is 1. The molecule has 2 nitrogen and oxygen atoms in total. The van der Waals surface area contributed by atoms with Crippen LogP contribution in [0.3, 0.4) is 0 Å². The Morgan fingerprint density at radius 2 is 1.58 bits per heavy atom. The number of ether oxygens (including phenoxy) is 2. The van der Waals surface area contributed by atoms with Crippen LogP contribution in [0.2, 0.25) is 0 Å². The lowest BCUT2D eigenvalue weighted by Crippen LogP contribution is -1.94. The summed E-state index contributed by atoms with van der Waals surface area (Å²) in [5.74, 6) is 1.81. The third-order valence-corrected chi connectivity index (χ3v) is 4.35. The topological polar surface area (TPSA) is 18.5 Å². The summed E-state index contributed by atoms with van der Waals surface area (Å²) in [6.45, 7) is 2.22. The van der Waals surface area contributed by atoms with Crippen molar-refractivity contribution in [1.29, 1.82) is 0 Å². The van der Waals surface area contributed by atoms with Crippen molar-refractivity contribution >= 4 is 33.4 Å². The molecule has 0 heterocycles. The first-order chi connectivity index (χ1) is 9.21. The SMILES string of the molecule is CCCCc1cc2c(OC)ccc(OC)c2cc1I. The van der Waals surface area contributed by atoms with Crippen LogP contribution in [0.4, 0.5) is 0 Å². The third-order valence-electron chi connectivity index (χ3n) is 3.34. The van der Waals surface area contributed by atoms with Gasteiger partial charge in [-0.2, -0.15) is 0 Å². The highest BCUT2D eigenvalue weighted by Crippen LogP contribution is 2.35. The number of benzene rings is 2. The first-order valence-corrected chi connectivity index (χ1v) is 7.62. The average Bonchev–Trinajstić information content (AvgIpc) is 2.44. The van der Waals surface area contributed by atoms with Crippen molar-refractivity contribution in [3.63, 3.8) is 0 Å². The quantitative estimate of drug-likeness (QED) is 0.704. The summed E-state index contributed by atoms with van der Waals surface area (Å²) in [6.07, 6.45) is 3.54. The molecule has 0 N–H and O–H groups in total. The molecule has 0 atom stereocenters. The molecule has 0 unspecified atom stereocenters. The van der Waals surface area contributed by atoms with Crippen LogP contribution in [0, 0.1) is 3.57 Å². The fourth-order valence-corrected chi connectivity index (χ4v) is 3.01. The van der Waals surface area contributed by atoms with E-state index in [1.54, 1.807) is 14.2 Å². The Morgan fingerprint density at radius 3 is 2.11 bits per heavy atom. The van der Waals surface area contributed by atoms with Gasteiger partial charge in [0.1, 0.15) is 11.5 Å². The van der Waals surface area contributed by atoms with E-state index < -0.39 is 0 Å². The van der Waals surface area contributed by atoms with E-state index in [9.17, 15) is 0 Å². The standard InChI is InChI=1S/C16H19IO2/c1-4-5-6-11-9-12-13(10-14(11)17)16(19-3)8-7-15(12)18-2/h7-10H,4-6H2,1-3H3. The molecule has 0 aliphatic carbocycles. The summed E-state index contributed by atoms with van der Waals surface area (Å²) in [5, 5.41) is 2.25. The van der Waals surface area contributed by atoms with Gasteiger partial charge in [-0.05, 0) is 65.3 Å². The van der Waals surface area contributed by atoms with Gasteiger partial charge in [-0.15, -0.1) is 0 Å². The molecule has 0 aliphatic heterocycles. The largest absolute Gasteiger partial charge is 0.496 e. The number of fused-ring (bicyclic) bond motifs is 1. The lowest BCUT2D eigenvalue weighted by Gasteiger charge is -2.13. The number of hydrogen-bond acceptors (Lipinski definition) is 2. The van der Waals surface area contributed by atoms with Crippen LogP contribution < -0.4 is 9.47 Å². The van der Waals surface area contributed by atoms with Crippen molar-refractivity contribution in [2.75, 3.05) is 14.2 Å². The zero-order valence-electron chi connectivity index (χ0n) is 11.6. The minimum absolute atomic E-state index is 0.899. The number of methoxy groups -OCH3 is 2. The second-order valence-corrected chi connectivity index (χ2v) is 5.73. The molecule has 0 aromatic heterocycles. The van der Waals surface area contributed by atoms with Crippen LogP contribution in [0.1, 0.15) is 25.3 Å². The van der Waals surface area contributed by atoms with Crippen molar-refractivity contribution in [2.24, 2.45) is 0 Å². The predicted octanol–water partition coefficient (Wildman–Crippen LogP) is 4.80. The Hall–Kier alpha value is -0.970. The Bertz CT molecular complexity index is 578. The minimum Gasteiger partial charge on any atom is -0.496 e. The van der Waals surface area contributed by atoms with E-state index in [-0.39, 0.29) is 0 Å².